The fourth-order valence-corrected chi connectivity index (χ4v) is 6.22. The van der Waals surface area contributed by atoms with Crippen molar-refractivity contribution >= 4 is 17.7 Å². The monoisotopic (exact) mass is 572 g/mol. The number of rotatable bonds is 10. The third-order valence-corrected chi connectivity index (χ3v) is 8.38. The number of carbonyl (C=O) groups excluding carboxylic acids is 3. The molecule has 0 bridgehead atoms. The normalized spacial score (nSPS) is 23.5. The highest BCUT2D eigenvalue weighted by atomic mass is 16.2. The molecule has 5 rings (SSSR count). The summed E-state index contributed by atoms with van der Waals surface area (Å²) in [5.41, 5.74) is 8.19. The van der Waals surface area contributed by atoms with Gasteiger partial charge in [0.2, 0.25) is 17.7 Å². The maximum Gasteiger partial charge on any atom is 0.246 e. The van der Waals surface area contributed by atoms with E-state index in [2.05, 4.69) is 25.8 Å². The maximum atomic E-state index is 14.4. The summed E-state index contributed by atoms with van der Waals surface area (Å²) >= 11 is 0. The second kappa shape index (κ2) is 13.3. The van der Waals surface area contributed by atoms with Crippen molar-refractivity contribution in [3.63, 3.8) is 0 Å². The van der Waals surface area contributed by atoms with Crippen LogP contribution in [0.1, 0.15) is 48.6 Å². The number of benzene rings is 2. The number of likely N-dealkylation sites (N-methyl/N-ethyl adjacent to an activating group) is 1. The molecule has 2 aliphatic heterocycles. The molecule has 6 atom stereocenters. The molecular formula is C31H40N8O3. The van der Waals surface area contributed by atoms with Gasteiger partial charge in [0.25, 0.3) is 0 Å². The van der Waals surface area contributed by atoms with Gasteiger partial charge in [0, 0.05) is 51.0 Å². The van der Waals surface area contributed by atoms with E-state index >= 15 is 0 Å². The largest absolute Gasteiger partial charge is 0.357 e. The summed E-state index contributed by atoms with van der Waals surface area (Å²) < 4.78 is 0. The number of H-pyrrole nitrogens is 1. The van der Waals surface area contributed by atoms with Crippen LogP contribution in [0.2, 0.25) is 0 Å². The van der Waals surface area contributed by atoms with Gasteiger partial charge in [-0.25, -0.2) is 4.98 Å². The van der Waals surface area contributed by atoms with E-state index in [9.17, 15) is 14.4 Å². The van der Waals surface area contributed by atoms with Gasteiger partial charge in [-0.05, 0) is 30.9 Å². The van der Waals surface area contributed by atoms with Crippen LogP contribution in [0, 0.1) is 0 Å². The highest BCUT2D eigenvalue weighted by molar-refractivity contribution is 5.94. The van der Waals surface area contributed by atoms with E-state index in [0.717, 1.165) is 11.1 Å². The van der Waals surface area contributed by atoms with E-state index in [1.165, 1.54) is 6.33 Å². The average Bonchev–Trinajstić information content (AvgIpc) is 3.79. The number of nitrogens with one attached hydrogen (secondary N) is 3. The van der Waals surface area contributed by atoms with Crippen LogP contribution in [0.15, 0.2) is 67.0 Å². The molecule has 0 aliphatic carbocycles. The first-order valence-corrected chi connectivity index (χ1v) is 14.6. The fourth-order valence-electron chi connectivity index (χ4n) is 6.22. The number of nitrogens with zero attached hydrogens (tertiary/aromatic N) is 4. The molecule has 2 aromatic carbocycles. The summed E-state index contributed by atoms with van der Waals surface area (Å²) in [6, 6.07) is 17.8. The zero-order chi connectivity index (χ0) is 29.6. The average molecular weight is 573 g/mol. The molecule has 3 amide bonds. The van der Waals surface area contributed by atoms with Crippen molar-refractivity contribution in [3.05, 3.63) is 83.9 Å². The van der Waals surface area contributed by atoms with Gasteiger partial charge in [-0.2, -0.15) is 5.10 Å². The van der Waals surface area contributed by atoms with Crippen LogP contribution in [0.25, 0.3) is 0 Å². The van der Waals surface area contributed by atoms with Crippen molar-refractivity contribution in [2.75, 3.05) is 26.7 Å². The van der Waals surface area contributed by atoms with Gasteiger partial charge in [0.05, 0.1) is 6.04 Å². The smallest absolute Gasteiger partial charge is 0.246 e. The van der Waals surface area contributed by atoms with Crippen molar-refractivity contribution in [2.45, 2.75) is 62.2 Å². The predicted molar refractivity (Wildman–Crippen MR) is 158 cm³/mol. The minimum Gasteiger partial charge on any atom is -0.357 e. The fraction of sp³-hybridized carbons (Fsp3) is 0.452. The summed E-state index contributed by atoms with van der Waals surface area (Å²) in [7, 11) is 1.59. The first-order valence-electron chi connectivity index (χ1n) is 14.6. The van der Waals surface area contributed by atoms with E-state index in [1.54, 1.807) is 16.8 Å². The molecule has 11 heteroatoms. The minimum absolute atomic E-state index is 0.0207. The van der Waals surface area contributed by atoms with Crippen LogP contribution < -0.4 is 16.4 Å². The zero-order valence-corrected chi connectivity index (χ0v) is 24.1. The SMILES string of the molecule is CNC(=O)[C@@H]1C[C@H](c2ccccc2)CN1C(=O)[C@@H]1C[C@H](c2ccccc2)CN1C(=O)C(Cc1nc[nH]n1)NC[C@H](C)N. The first kappa shape index (κ1) is 29.4. The summed E-state index contributed by atoms with van der Waals surface area (Å²) in [5, 5.41) is 12.9. The molecule has 2 saturated heterocycles. The van der Waals surface area contributed by atoms with E-state index in [0.29, 0.717) is 38.3 Å². The highest BCUT2D eigenvalue weighted by Crippen LogP contribution is 2.37. The number of hydrogen-bond acceptors (Lipinski definition) is 7. The summed E-state index contributed by atoms with van der Waals surface area (Å²) in [4.78, 5) is 49.3. The summed E-state index contributed by atoms with van der Waals surface area (Å²) in [6.45, 7) is 3.09. The molecule has 1 unspecified atom stereocenters. The molecule has 222 valence electrons. The lowest BCUT2D eigenvalue weighted by molar-refractivity contribution is -0.147. The Morgan fingerprint density at radius 2 is 1.55 bits per heavy atom. The quantitative estimate of drug-likeness (QED) is 0.285. The van der Waals surface area contributed by atoms with Crippen molar-refractivity contribution in [1.29, 1.82) is 0 Å². The Labute approximate surface area is 246 Å². The molecule has 1 aromatic heterocycles. The lowest BCUT2D eigenvalue weighted by Gasteiger charge is -2.33. The standard InChI is InChI=1S/C31H40N8O3/c1-20(32)16-34-25(15-28-35-19-36-37-28)30(41)39-18-24(22-11-7-4-8-12-22)14-27(39)31(42)38-17-23(13-26(38)29(40)33-2)21-9-5-3-6-10-21/h3-12,19-20,23-27,34H,13-18,32H2,1-2H3,(H,33,40)(H,35,36,37)/t20-,23-,24-,25?,26-,27-/m0/s1. The first-order chi connectivity index (χ1) is 20.4. The lowest BCUT2D eigenvalue weighted by Crippen LogP contribution is -2.56. The Morgan fingerprint density at radius 1 is 0.952 bits per heavy atom. The minimum atomic E-state index is -0.712. The molecule has 0 saturated carbocycles. The number of carbonyl (C=O) groups is 3. The van der Waals surface area contributed by atoms with Crippen LogP contribution in [0.3, 0.4) is 0 Å². The second-order valence-corrected chi connectivity index (χ2v) is 11.4. The maximum absolute atomic E-state index is 14.4. The molecule has 42 heavy (non-hydrogen) atoms. The number of amides is 3. The molecule has 2 fully saturated rings. The Hall–Kier alpha value is -4.09. The molecule has 5 N–H and O–H groups in total. The van der Waals surface area contributed by atoms with Crippen LogP contribution in [-0.2, 0) is 20.8 Å². The highest BCUT2D eigenvalue weighted by Gasteiger charge is 2.48. The Kier molecular flexibility index (Phi) is 9.28. The van der Waals surface area contributed by atoms with Gasteiger partial charge in [0.1, 0.15) is 18.4 Å². The zero-order valence-electron chi connectivity index (χ0n) is 24.1. The van der Waals surface area contributed by atoms with Crippen LogP contribution >= 0.6 is 0 Å². The Morgan fingerprint density at radius 3 is 2.10 bits per heavy atom. The van der Waals surface area contributed by atoms with Gasteiger partial charge in [-0.3, -0.25) is 19.5 Å². The molecule has 11 nitrogen and oxygen atoms in total. The number of aromatic amines is 1. The van der Waals surface area contributed by atoms with E-state index in [-0.39, 0.29) is 42.0 Å². The van der Waals surface area contributed by atoms with Crippen molar-refractivity contribution in [3.8, 4) is 0 Å². The van der Waals surface area contributed by atoms with Gasteiger partial charge in [0.15, 0.2) is 5.82 Å². The molecule has 0 spiro atoms. The summed E-state index contributed by atoms with van der Waals surface area (Å²) in [5.74, 6) is -0.0903. The van der Waals surface area contributed by atoms with Crippen LogP contribution in [-0.4, -0.2) is 93.6 Å². The number of aromatic nitrogens is 3. The molecule has 0 radical (unpaired) electrons. The second-order valence-electron chi connectivity index (χ2n) is 11.4. The predicted octanol–water partition coefficient (Wildman–Crippen LogP) is 1.17. The van der Waals surface area contributed by atoms with Gasteiger partial charge < -0.3 is 26.2 Å². The number of likely N-dealkylation sites (tertiary alicyclic amines) is 2. The summed E-state index contributed by atoms with van der Waals surface area (Å²) in [6.07, 6.45) is 2.73. The Balaban J connectivity index is 1.45. The van der Waals surface area contributed by atoms with Gasteiger partial charge in [-0.15, -0.1) is 0 Å². The van der Waals surface area contributed by atoms with Crippen molar-refractivity contribution in [1.82, 2.24) is 35.6 Å². The molecule has 3 heterocycles. The Bertz CT molecular complexity index is 1330. The van der Waals surface area contributed by atoms with Crippen molar-refractivity contribution in [2.24, 2.45) is 5.73 Å². The molecule has 2 aliphatic rings. The van der Waals surface area contributed by atoms with E-state index in [1.807, 2.05) is 67.6 Å². The lowest BCUT2D eigenvalue weighted by atomic mass is 9.96. The third kappa shape index (κ3) is 6.52. The van der Waals surface area contributed by atoms with Gasteiger partial charge in [-0.1, -0.05) is 60.7 Å². The third-order valence-electron chi connectivity index (χ3n) is 8.38. The number of nitrogens with two attached hydrogens (primary N) is 1. The van der Waals surface area contributed by atoms with E-state index < -0.39 is 18.1 Å². The molecule has 3 aromatic rings. The van der Waals surface area contributed by atoms with Crippen LogP contribution in [0.5, 0.6) is 0 Å². The van der Waals surface area contributed by atoms with Crippen LogP contribution in [0.4, 0.5) is 0 Å². The molecular weight excluding hydrogens is 532 g/mol. The topological polar surface area (TPSA) is 149 Å². The van der Waals surface area contributed by atoms with Gasteiger partial charge >= 0.3 is 0 Å². The van der Waals surface area contributed by atoms with E-state index in [4.69, 9.17) is 5.73 Å². The number of hydrogen-bond donors (Lipinski definition) is 4. The van der Waals surface area contributed by atoms with Crippen molar-refractivity contribution < 1.29 is 14.4 Å².